The van der Waals surface area contributed by atoms with E-state index in [1.807, 2.05) is 96.2 Å². The van der Waals surface area contributed by atoms with Crippen LogP contribution in [0.15, 0.2) is 79.7 Å². The summed E-state index contributed by atoms with van der Waals surface area (Å²) in [5.41, 5.74) is 8.61. The number of aryl methyl sites for hydroxylation is 1. The molecule has 10 heteroatoms. The second-order valence-corrected chi connectivity index (χ2v) is 11.2. The van der Waals surface area contributed by atoms with E-state index < -0.39 is 5.67 Å². The van der Waals surface area contributed by atoms with Crippen LogP contribution < -0.4 is 77.0 Å². The Balaban J connectivity index is 0. The molecule has 4 rings (SSSR count). The maximum Gasteiger partial charge on any atom is 1.00 e. The Morgan fingerprint density at radius 2 is 1.61 bits per heavy atom. The predicted molar refractivity (Wildman–Crippen MR) is 211 cm³/mol. The molecular formula is C41H63FKN5O3-2. The minimum atomic E-state index is -1.34. The molecule has 0 saturated carbocycles. The van der Waals surface area contributed by atoms with Crippen molar-refractivity contribution in [2.24, 2.45) is 5.73 Å². The third kappa shape index (κ3) is 17.2. The van der Waals surface area contributed by atoms with Crippen LogP contribution in [0, 0.1) is 27.7 Å². The first-order valence-electron chi connectivity index (χ1n) is 17.6. The van der Waals surface area contributed by atoms with Crippen LogP contribution in [-0.2, 0) is 11.3 Å². The number of methoxy groups -OCH3 is 1. The van der Waals surface area contributed by atoms with Crippen LogP contribution in [0.4, 0.5) is 20.6 Å². The van der Waals surface area contributed by atoms with Crippen molar-refractivity contribution in [2.45, 2.75) is 91.9 Å². The Bertz CT molecular complexity index is 1320. The number of benzene rings is 2. The van der Waals surface area contributed by atoms with Gasteiger partial charge in [-0.3, -0.25) is 19.0 Å². The van der Waals surface area contributed by atoms with Crippen LogP contribution in [-0.4, -0.2) is 55.3 Å². The van der Waals surface area contributed by atoms with Gasteiger partial charge in [0.15, 0.2) is 0 Å². The first kappa shape index (κ1) is 50.5. The zero-order valence-corrected chi connectivity index (χ0v) is 35.9. The molecule has 0 atom stereocenters. The van der Waals surface area contributed by atoms with E-state index in [2.05, 4.69) is 44.1 Å². The fraction of sp³-hybridized carbons (Fsp3) is 0.439. The molecule has 2 fully saturated rings. The molecule has 2 aliphatic rings. The Morgan fingerprint density at radius 1 is 1.04 bits per heavy atom. The quantitative estimate of drug-likeness (QED) is 0.132. The number of urea groups is 1. The normalized spacial score (nSPS) is 15.1. The summed E-state index contributed by atoms with van der Waals surface area (Å²) in [5.74, 6) is 0.552. The summed E-state index contributed by atoms with van der Waals surface area (Å²) in [5, 5.41) is 3.14. The molecule has 2 heterocycles. The number of rotatable bonds is 10. The number of alkyl halides is 1. The summed E-state index contributed by atoms with van der Waals surface area (Å²) in [6.07, 6.45) is 8.26. The van der Waals surface area contributed by atoms with Crippen LogP contribution in [0.3, 0.4) is 0 Å². The van der Waals surface area contributed by atoms with Gasteiger partial charge < -0.3 is 41.5 Å². The Morgan fingerprint density at radius 3 is 2.10 bits per heavy atom. The van der Waals surface area contributed by atoms with Crippen molar-refractivity contribution >= 4 is 23.3 Å². The number of amides is 3. The number of hydrogen-bond donors (Lipinski definition) is 2. The number of hydrogen-bond acceptors (Lipinski definition) is 6. The Kier molecular flexibility index (Phi) is 27.7. The molecule has 8 nitrogen and oxygen atoms in total. The molecule has 280 valence electrons. The molecular weight excluding hydrogens is 669 g/mol. The zero-order chi connectivity index (χ0) is 38.3. The number of anilines is 2. The van der Waals surface area contributed by atoms with Crippen LogP contribution in [0.2, 0.25) is 0 Å². The molecule has 2 aliphatic heterocycles. The van der Waals surface area contributed by atoms with Gasteiger partial charge in [0.2, 0.25) is 5.91 Å². The molecule has 3 N–H and O–H groups in total. The van der Waals surface area contributed by atoms with E-state index in [0.717, 1.165) is 46.8 Å². The third-order valence-electron chi connectivity index (χ3n) is 7.85. The van der Waals surface area contributed by atoms with Gasteiger partial charge in [-0.2, -0.15) is 12.8 Å². The molecule has 2 aromatic rings. The van der Waals surface area contributed by atoms with E-state index in [4.69, 9.17) is 10.5 Å². The van der Waals surface area contributed by atoms with Crippen molar-refractivity contribution in [2.75, 3.05) is 36.5 Å². The van der Waals surface area contributed by atoms with Crippen LogP contribution >= 0.6 is 0 Å². The number of imide groups is 1. The maximum absolute atomic E-state index is 14.0. The van der Waals surface area contributed by atoms with Gasteiger partial charge in [-0.05, 0) is 85.9 Å². The topological polar surface area (TPSA) is 91.1 Å². The van der Waals surface area contributed by atoms with E-state index in [0.29, 0.717) is 38.5 Å². The van der Waals surface area contributed by atoms with Gasteiger partial charge in [0.05, 0.1) is 13.7 Å². The van der Waals surface area contributed by atoms with Crippen molar-refractivity contribution in [3.8, 4) is 5.75 Å². The van der Waals surface area contributed by atoms with Gasteiger partial charge in [0.25, 0.3) is 0 Å². The summed E-state index contributed by atoms with van der Waals surface area (Å²) in [6, 6.07) is 13.3. The maximum atomic E-state index is 14.0. The van der Waals surface area contributed by atoms with E-state index in [-0.39, 0.29) is 76.3 Å². The average Bonchev–Trinajstić information content (AvgIpc) is 3.14. The van der Waals surface area contributed by atoms with Gasteiger partial charge >= 0.3 is 57.4 Å². The molecule has 3 amide bonds. The minimum Gasteiger partial charge on any atom is -0.497 e. The summed E-state index contributed by atoms with van der Waals surface area (Å²) < 4.78 is 19.2. The summed E-state index contributed by atoms with van der Waals surface area (Å²) in [4.78, 5) is 30.9. The van der Waals surface area contributed by atoms with E-state index >= 15 is 0 Å². The van der Waals surface area contributed by atoms with Crippen LogP contribution in [0.1, 0.15) is 77.8 Å². The van der Waals surface area contributed by atoms with Crippen molar-refractivity contribution in [1.29, 1.82) is 0 Å². The van der Waals surface area contributed by atoms with E-state index in [9.17, 15) is 14.0 Å². The summed E-state index contributed by atoms with van der Waals surface area (Å²) >= 11 is 0. The van der Waals surface area contributed by atoms with Gasteiger partial charge in [-0.1, -0.05) is 45.9 Å². The summed E-state index contributed by atoms with van der Waals surface area (Å²) in [6.45, 7) is 30.9. The van der Waals surface area contributed by atoms with Crippen molar-refractivity contribution < 1.29 is 70.1 Å². The number of carbonyl (C=O) groups excluding carboxylic acids is 2. The smallest absolute Gasteiger partial charge is 0.497 e. The van der Waals surface area contributed by atoms with Gasteiger partial charge in [0, 0.05) is 49.3 Å². The van der Waals surface area contributed by atoms with E-state index in [1.165, 1.54) is 4.90 Å². The fourth-order valence-corrected chi connectivity index (χ4v) is 5.05. The number of ether oxygens (including phenoxy) is 1. The second kappa shape index (κ2) is 27.9. The van der Waals surface area contributed by atoms with Gasteiger partial charge in [0.1, 0.15) is 5.75 Å². The van der Waals surface area contributed by atoms with Crippen molar-refractivity contribution in [1.82, 2.24) is 10.2 Å². The zero-order valence-electron chi connectivity index (χ0n) is 32.8. The molecule has 0 unspecified atom stereocenters. The van der Waals surface area contributed by atoms with Gasteiger partial charge in [-0.15, -0.1) is 13.2 Å². The van der Waals surface area contributed by atoms with Crippen LogP contribution in [0.5, 0.6) is 5.75 Å². The SMILES string of the molecule is C=C.CC.CC.[CH2-]C1(F)CCN(c2ccc(N3CCC(=O)N(Cc4ccc(OC)cc4)C3=O)c(C)c2)CC1.[CH2-]CC(C[CH2-])N/C=C(N)\C=C\C.[K+]. The third-order valence-corrected chi connectivity index (χ3v) is 7.85. The summed E-state index contributed by atoms with van der Waals surface area (Å²) in [7, 11) is 1.60. The first-order valence-corrected chi connectivity index (χ1v) is 17.6. The number of nitrogens with zero attached hydrogens (tertiary/aromatic N) is 3. The molecule has 0 radical (unpaired) electrons. The number of nitrogens with one attached hydrogen (secondary N) is 1. The molecule has 2 aromatic carbocycles. The fourth-order valence-electron chi connectivity index (χ4n) is 5.05. The molecule has 51 heavy (non-hydrogen) atoms. The van der Waals surface area contributed by atoms with Crippen LogP contribution in [0.25, 0.3) is 0 Å². The molecule has 0 spiro atoms. The number of piperidine rings is 1. The molecule has 0 bridgehead atoms. The number of allylic oxidation sites excluding steroid dienone is 2. The average molecular weight is 732 g/mol. The standard InChI is InChI=1S/C25H29FN3O3.C10H18N2.2C2H6.C2H4.K/c1-18-16-20(27-14-11-25(2,26)12-15-27)6-9-22(18)28-13-10-23(30)29(24(28)31)17-19-4-7-21(32-3)8-5-19;1-4-7-9(11)8-12-10(5-2)6-3;3*1-2;/h4-9,16H,2,10-15,17H2,1,3H3;4,7-8,10,12H,2-3,5-6,11H2,1H3;2*1-2H3;1-2H2;/q-1;-2;;;;+1/b;7-4+,9-8+;;;;. The molecule has 0 aliphatic carbocycles. The predicted octanol–water partition coefficient (Wildman–Crippen LogP) is 6.13. The number of nitrogens with two attached hydrogens (primary N) is 1. The largest absolute Gasteiger partial charge is 1.00 e. The second-order valence-electron chi connectivity index (χ2n) is 11.2. The number of halogens is 1. The Labute approximate surface area is 352 Å². The van der Waals surface area contributed by atoms with Crippen molar-refractivity contribution in [3.05, 3.63) is 112 Å². The number of carbonyl (C=O) groups is 2. The monoisotopic (exact) mass is 731 g/mol. The van der Waals surface area contributed by atoms with E-state index in [1.54, 1.807) is 18.2 Å². The molecule has 0 aromatic heterocycles. The minimum absolute atomic E-state index is 0. The van der Waals surface area contributed by atoms with Crippen molar-refractivity contribution in [3.63, 3.8) is 0 Å². The molecule has 2 saturated heterocycles. The van der Waals surface area contributed by atoms with Gasteiger partial charge in [-0.25, -0.2) is 4.79 Å². The first-order chi connectivity index (χ1) is 24.0. The Hall–Kier alpha value is -2.63.